The molecule has 2 aromatic rings. The van der Waals surface area contributed by atoms with Crippen molar-refractivity contribution in [1.82, 2.24) is 0 Å². The molecule has 0 saturated heterocycles. The minimum atomic E-state index is -0.801. The lowest BCUT2D eigenvalue weighted by Gasteiger charge is -2.13. The molecule has 22 heavy (non-hydrogen) atoms. The monoisotopic (exact) mass is 324 g/mol. The van der Waals surface area contributed by atoms with E-state index >= 15 is 0 Å². The van der Waals surface area contributed by atoms with Crippen LogP contribution < -0.4 is 9.47 Å². The molecule has 0 unspecified atom stereocenters. The minimum absolute atomic E-state index is 0.0782. The first-order valence-electron chi connectivity index (χ1n) is 6.39. The molecule has 0 aromatic heterocycles. The molecule has 0 amide bonds. The predicted molar refractivity (Wildman–Crippen MR) is 80.1 cm³/mol. The molecule has 0 aliphatic heterocycles. The van der Waals surface area contributed by atoms with E-state index in [1.54, 1.807) is 18.2 Å². The second-order valence-electron chi connectivity index (χ2n) is 4.35. The van der Waals surface area contributed by atoms with Crippen molar-refractivity contribution in [3.8, 4) is 11.5 Å². The summed E-state index contributed by atoms with van der Waals surface area (Å²) in [6.07, 6.45) is 0. The van der Waals surface area contributed by atoms with Crippen LogP contribution in [0.5, 0.6) is 11.5 Å². The third-order valence-electron chi connectivity index (χ3n) is 2.99. The maximum Gasteiger partial charge on any atom is 0.341 e. The molecule has 2 rings (SSSR count). The summed E-state index contributed by atoms with van der Waals surface area (Å²) in [7, 11) is 2.99. The van der Waals surface area contributed by atoms with Gasteiger partial charge in [-0.3, -0.25) is 0 Å². The van der Waals surface area contributed by atoms with Gasteiger partial charge in [0.25, 0.3) is 0 Å². The summed E-state index contributed by atoms with van der Waals surface area (Å²) in [5, 5.41) is 0.257. The number of methoxy groups -OCH3 is 2. The summed E-state index contributed by atoms with van der Waals surface area (Å²) >= 11 is 5.75. The lowest BCUT2D eigenvalue weighted by atomic mass is 10.2. The Morgan fingerprint density at radius 1 is 1.18 bits per heavy atom. The van der Waals surface area contributed by atoms with Crippen LogP contribution in [-0.2, 0) is 11.3 Å². The molecule has 0 bridgehead atoms. The van der Waals surface area contributed by atoms with Crippen molar-refractivity contribution in [2.24, 2.45) is 0 Å². The first-order valence-corrected chi connectivity index (χ1v) is 6.76. The van der Waals surface area contributed by atoms with Crippen LogP contribution in [0.1, 0.15) is 15.9 Å². The molecule has 0 aliphatic carbocycles. The fourth-order valence-corrected chi connectivity index (χ4v) is 2.11. The Labute approximate surface area is 132 Å². The van der Waals surface area contributed by atoms with Crippen LogP contribution >= 0.6 is 11.6 Å². The molecular formula is C16H14ClFO4. The molecule has 4 nitrogen and oxygen atoms in total. The van der Waals surface area contributed by atoms with E-state index in [-0.39, 0.29) is 17.2 Å². The molecule has 0 N–H and O–H groups in total. The Bertz CT molecular complexity index is 688. The van der Waals surface area contributed by atoms with Crippen molar-refractivity contribution >= 4 is 17.6 Å². The molecule has 0 heterocycles. The Morgan fingerprint density at radius 3 is 2.64 bits per heavy atom. The molecule has 0 fully saturated rings. The number of hydrogen-bond donors (Lipinski definition) is 0. The van der Waals surface area contributed by atoms with Crippen LogP contribution in [0.15, 0.2) is 36.4 Å². The molecule has 116 valence electrons. The number of rotatable bonds is 5. The van der Waals surface area contributed by atoms with Crippen molar-refractivity contribution in [2.45, 2.75) is 6.61 Å². The van der Waals surface area contributed by atoms with Crippen LogP contribution in [0.25, 0.3) is 0 Å². The van der Waals surface area contributed by atoms with E-state index in [1.807, 2.05) is 0 Å². The van der Waals surface area contributed by atoms with Crippen molar-refractivity contribution < 1.29 is 23.4 Å². The zero-order valence-corrected chi connectivity index (χ0v) is 12.8. The maximum absolute atomic E-state index is 13.6. The van der Waals surface area contributed by atoms with Gasteiger partial charge in [0.1, 0.15) is 12.4 Å². The second kappa shape index (κ2) is 7.13. The average Bonchev–Trinajstić information content (AvgIpc) is 2.54. The highest BCUT2D eigenvalue weighted by Gasteiger charge is 2.16. The summed E-state index contributed by atoms with van der Waals surface area (Å²) in [5.74, 6) is -0.508. The number of halogens is 2. The first kappa shape index (κ1) is 16.1. The summed E-state index contributed by atoms with van der Waals surface area (Å²) in [4.78, 5) is 12.0. The zero-order chi connectivity index (χ0) is 16.1. The predicted octanol–water partition coefficient (Wildman–Crippen LogP) is 3.85. The summed E-state index contributed by atoms with van der Waals surface area (Å²) in [6.45, 7) is -0.0782. The van der Waals surface area contributed by atoms with E-state index < -0.39 is 11.8 Å². The van der Waals surface area contributed by atoms with Gasteiger partial charge >= 0.3 is 5.97 Å². The van der Waals surface area contributed by atoms with E-state index in [1.165, 1.54) is 26.4 Å². The fourth-order valence-electron chi connectivity index (χ4n) is 1.94. The SMILES string of the molecule is COc1cccc(COC(=O)c2cc(Cl)ccc2F)c1OC. The quantitative estimate of drug-likeness (QED) is 0.784. The summed E-state index contributed by atoms with van der Waals surface area (Å²) in [5.41, 5.74) is 0.395. The van der Waals surface area contributed by atoms with Crippen LogP contribution in [0, 0.1) is 5.82 Å². The second-order valence-corrected chi connectivity index (χ2v) is 4.79. The maximum atomic E-state index is 13.6. The summed E-state index contributed by atoms with van der Waals surface area (Å²) < 4.78 is 29.1. The third-order valence-corrected chi connectivity index (χ3v) is 3.23. The van der Waals surface area contributed by atoms with Gasteiger partial charge in [0, 0.05) is 10.6 Å². The number of carbonyl (C=O) groups is 1. The van der Waals surface area contributed by atoms with Gasteiger partial charge in [-0.15, -0.1) is 0 Å². The van der Waals surface area contributed by atoms with Crippen LogP contribution in [0.4, 0.5) is 4.39 Å². The highest BCUT2D eigenvalue weighted by molar-refractivity contribution is 6.30. The molecule has 0 radical (unpaired) electrons. The first-order chi connectivity index (χ1) is 10.6. The summed E-state index contributed by atoms with van der Waals surface area (Å²) in [6, 6.07) is 8.89. The molecule has 0 aliphatic rings. The number of carbonyl (C=O) groups excluding carboxylic acids is 1. The van der Waals surface area contributed by atoms with Crippen molar-refractivity contribution in [3.63, 3.8) is 0 Å². The lowest BCUT2D eigenvalue weighted by Crippen LogP contribution is -2.08. The van der Waals surface area contributed by atoms with E-state index in [9.17, 15) is 9.18 Å². The molecule has 0 atom stereocenters. The minimum Gasteiger partial charge on any atom is -0.493 e. The van der Waals surface area contributed by atoms with Crippen molar-refractivity contribution in [2.75, 3.05) is 14.2 Å². The molecular weight excluding hydrogens is 311 g/mol. The zero-order valence-electron chi connectivity index (χ0n) is 12.1. The van der Waals surface area contributed by atoms with E-state index in [4.69, 9.17) is 25.8 Å². The Morgan fingerprint density at radius 2 is 1.95 bits per heavy atom. The topological polar surface area (TPSA) is 44.8 Å². The molecule has 6 heteroatoms. The van der Waals surface area contributed by atoms with E-state index in [2.05, 4.69) is 0 Å². The van der Waals surface area contributed by atoms with Gasteiger partial charge in [0.05, 0.1) is 19.8 Å². The van der Waals surface area contributed by atoms with Gasteiger partial charge in [-0.2, -0.15) is 0 Å². The molecule has 2 aromatic carbocycles. The van der Waals surface area contributed by atoms with E-state index in [0.717, 1.165) is 6.07 Å². The molecule has 0 saturated carbocycles. The van der Waals surface area contributed by atoms with Gasteiger partial charge in [0.2, 0.25) is 0 Å². The number of ether oxygens (including phenoxy) is 3. The smallest absolute Gasteiger partial charge is 0.341 e. The number of hydrogen-bond acceptors (Lipinski definition) is 4. The highest BCUT2D eigenvalue weighted by Crippen LogP contribution is 2.31. The standard InChI is InChI=1S/C16H14ClFO4/c1-20-14-5-3-4-10(15(14)21-2)9-22-16(19)12-8-11(17)6-7-13(12)18/h3-8H,9H2,1-2H3. The number of esters is 1. The van der Waals surface area contributed by atoms with Crippen LogP contribution in [0.3, 0.4) is 0 Å². The Hall–Kier alpha value is -2.27. The Kier molecular flexibility index (Phi) is 5.22. The van der Waals surface area contributed by atoms with Crippen LogP contribution in [-0.4, -0.2) is 20.2 Å². The van der Waals surface area contributed by atoms with Gasteiger partial charge in [-0.1, -0.05) is 23.7 Å². The number of benzene rings is 2. The number of para-hydroxylation sites is 1. The van der Waals surface area contributed by atoms with Crippen molar-refractivity contribution in [3.05, 3.63) is 58.4 Å². The normalized spacial score (nSPS) is 10.2. The van der Waals surface area contributed by atoms with Gasteiger partial charge in [0.15, 0.2) is 11.5 Å². The fraction of sp³-hybridized carbons (Fsp3) is 0.188. The van der Waals surface area contributed by atoms with Gasteiger partial charge < -0.3 is 14.2 Å². The van der Waals surface area contributed by atoms with E-state index in [0.29, 0.717) is 17.1 Å². The van der Waals surface area contributed by atoms with Crippen molar-refractivity contribution in [1.29, 1.82) is 0 Å². The molecule has 0 spiro atoms. The lowest BCUT2D eigenvalue weighted by molar-refractivity contribution is 0.0464. The largest absolute Gasteiger partial charge is 0.493 e. The average molecular weight is 325 g/mol. The van der Waals surface area contributed by atoms with Gasteiger partial charge in [-0.25, -0.2) is 9.18 Å². The third kappa shape index (κ3) is 3.49. The van der Waals surface area contributed by atoms with Crippen LogP contribution in [0.2, 0.25) is 5.02 Å². The highest BCUT2D eigenvalue weighted by atomic mass is 35.5. The van der Waals surface area contributed by atoms with Gasteiger partial charge in [-0.05, 0) is 24.3 Å². The Balaban J connectivity index is 2.16.